The van der Waals surface area contributed by atoms with Crippen LogP contribution in [-0.2, 0) is 5.41 Å². The fraction of sp³-hybridized carbons (Fsp3) is 0.0566. The number of rotatable bonds is 4. The third-order valence-corrected chi connectivity index (χ3v) is 11.9. The van der Waals surface area contributed by atoms with Crippen molar-refractivity contribution in [2.45, 2.75) is 19.3 Å². The summed E-state index contributed by atoms with van der Waals surface area (Å²) in [6, 6.07) is 68.3. The summed E-state index contributed by atoms with van der Waals surface area (Å²) in [6.07, 6.45) is 0. The van der Waals surface area contributed by atoms with Crippen LogP contribution in [0.2, 0.25) is 0 Å². The Morgan fingerprint density at radius 1 is 0.400 bits per heavy atom. The summed E-state index contributed by atoms with van der Waals surface area (Å²) in [5, 5.41) is 4.85. The summed E-state index contributed by atoms with van der Waals surface area (Å²) in [7, 11) is 0. The Hall–Kier alpha value is -6.90. The SMILES string of the molecule is CC1(C)c2ccccc2-c2ccc(N(c3cccc4c3Oc3ccc(-c5ccccc5)cc3-c3ccccc3-4)c3cc4ccccc4c4ccccc34)cc21. The molecule has 0 spiro atoms. The number of hydrogen-bond donors (Lipinski definition) is 0. The second-order valence-corrected chi connectivity index (χ2v) is 15.3. The van der Waals surface area contributed by atoms with E-state index in [9.17, 15) is 0 Å². The van der Waals surface area contributed by atoms with Crippen LogP contribution in [0.25, 0.3) is 66.1 Å². The first-order valence-corrected chi connectivity index (χ1v) is 19.1. The number of hydrogen-bond acceptors (Lipinski definition) is 2. The third-order valence-electron chi connectivity index (χ3n) is 11.9. The molecular weight excluding hydrogens is 667 g/mol. The quantitative estimate of drug-likeness (QED) is 0.169. The van der Waals surface area contributed by atoms with E-state index < -0.39 is 0 Å². The van der Waals surface area contributed by atoms with Crippen molar-refractivity contribution in [2.75, 3.05) is 4.90 Å². The molecule has 1 heterocycles. The lowest BCUT2D eigenvalue weighted by molar-refractivity contribution is 0.489. The summed E-state index contributed by atoms with van der Waals surface area (Å²) in [6.45, 7) is 4.71. The van der Waals surface area contributed by atoms with Gasteiger partial charge in [-0.3, -0.25) is 0 Å². The van der Waals surface area contributed by atoms with Crippen LogP contribution in [0.3, 0.4) is 0 Å². The Bertz CT molecular complexity index is 2990. The summed E-state index contributed by atoms with van der Waals surface area (Å²) in [4.78, 5) is 2.44. The van der Waals surface area contributed by atoms with Crippen molar-refractivity contribution in [3.8, 4) is 56.0 Å². The van der Waals surface area contributed by atoms with Gasteiger partial charge in [0.15, 0.2) is 5.75 Å². The number of nitrogens with zero attached hydrogens (tertiary/aromatic N) is 1. The van der Waals surface area contributed by atoms with E-state index in [1.54, 1.807) is 0 Å². The van der Waals surface area contributed by atoms with Crippen LogP contribution in [0, 0.1) is 0 Å². The number of fused-ring (bicyclic) bond motifs is 11. The average Bonchev–Trinajstić information content (AvgIpc) is 3.37. The van der Waals surface area contributed by atoms with Crippen molar-refractivity contribution in [2.24, 2.45) is 0 Å². The van der Waals surface area contributed by atoms with Gasteiger partial charge in [-0.15, -0.1) is 0 Å². The van der Waals surface area contributed by atoms with E-state index >= 15 is 0 Å². The van der Waals surface area contributed by atoms with Crippen molar-refractivity contribution in [1.82, 2.24) is 0 Å². The topological polar surface area (TPSA) is 12.5 Å². The average molecular weight is 704 g/mol. The van der Waals surface area contributed by atoms with E-state index in [1.807, 2.05) is 0 Å². The van der Waals surface area contributed by atoms with Crippen molar-refractivity contribution in [3.63, 3.8) is 0 Å². The Kier molecular flexibility index (Phi) is 6.93. The molecule has 0 amide bonds. The zero-order valence-corrected chi connectivity index (χ0v) is 30.8. The molecule has 0 bridgehead atoms. The smallest absolute Gasteiger partial charge is 0.159 e. The first-order chi connectivity index (χ1) is 27.0. The van der Waals surface area contributed by atoms with Crippen LogP contribution < -0.4 is 9.64 Å². The molecule has 55 heavy (non-hydrogen) atoms. The molecule has 1 aliphatic heterocycles. The third kappa shape index (κ3) is 4.81. The van der Waals surface area contributed by atoms with Crippen molar-refractivity contribution < 1.29 is 4.74 Å². The van der Waals surface area contributed by atoms with Crippen LogP contribution in [0.15, 0.2) is 188 Å². The maximum absolute atomic E-state index is 7.27. The highest BCUT2D eigenvalue weighted by atomic mass is 16.5. The second kappa shape index (κ2) is 12.1. The molecule has 0 saturated heterocycles. The molecule has 0 N–H and O–H groups in total. The lowest BCUT2D eigenvalue weighted by Gasteiger charge is -2.31. The highest BCUT2D eigenvalue weighted by Gasteiger charge is 2.36. The summed E-state index contributed by atoms with van der Waals surface area (Å²) in [5.74, 6) is 1.67. The van der Waals surface area contributed by atoms with Crippen molar-refractivity contribution >= 4 is 38.6 Å². The molecule has 2 nitrogen and oxygen atoms in total. The van der Waals surface area contributed by atoms with Gasteiger partial charge < -0.3 is 9.64 Å². The van der Waals surface area contributed by atoms with Gasteiger partial charge in [-0.05, 0) is 97.1 Å². The molecule has 0 radical (unpaired) electrons. The van der Waals surface area contributed by atoms with Gasteiger partial charge in [0.1, 0.15) is 5.75 Å². The minimum atomic E-state index is -0.155. The molecule has 0 fully saturated rings. The lowest BCUT2D eigenvalue weighted by atomic mass is 9.82. The standard InChI is InChI=1S/C53H37NO/c1-53(2)47-25-13-12-22-42(47)43-29-28-37(33-48(43)53)54(50-32-36-17-6-7-18-38(36)39-19-10-11-23-44(39)50)49-26-14-24-45-40-20-8-9-21-41(40)46-31-35(34-15-4-3-5-16-34)27-30-51(46)55-52(45)49/h3-33H,1-2H3. The molecule has 260 valence electrons. The molecule has 0 saturated carbocycles. The number of anilines is 3. The predicted molar refractivity (Wildman–Crippen MR) is 230 cm³/mol. The van der Waals surface area contributed by atoms with Crippen LogP contribution in [0.5, 0.6) is 11.5 Å². The number of para-hydroxylation sites is 1. The van der Waals surface area contributed by atoms with Gasteiger partial charge >= 0.3 is 0 Å². The van der Waals surface area contributed by atoms with E-state index in [0.29, 0.717) is 0 Å². The lowest BCUT2D eigenvalue weighted by Crippen LogP contribution is -2.17. The van der Waals surface area contributed by atoms with Gasteiger partial charge in [0.05, 0.1) is 11.4 Å². The molecule has 2 heteroatoms. The molecule has 0 unspecified atom stereocenters. The summed E-state index contributed by atoms with van der Waals surface area (Å²) >= 11 is 0. The van der Waals surface area contributed by atoms with E-state index in [1.165, 1.54) is 49.4 Å². The van der Waals surface area contributed by atoms with E-state index in [2.05, 4.69) is 207 Å². The predicted octanol–water partition coefficient (Wildman–Crippen LogP) is 14.9. The number of ether oxygens (including phenoxy) is 1. The Morgan fingerprint density at radius 3 is 1.89 bits per heavy atom. The first-order valence-electron chi connectivity index (χ1n) is 19.1. The maximum atomic E-state index is 7.27. The van der Waals surface area contributed by atoms with Crippen molar-refractivity contribution in [3.05, 3.63) is 199 Å². The molecule has 1 aliphatic carbocycles. The zero-order chi connectivity index (χ0) is 36.7. The Labute approximate surface area is 321 Å². The van der Waals surface area contributed by atoms with Gasteiger partial charge in [0.25, 0.3) is 0 Å². The highest BCUT2D eigenvalue weighted by Crippen LogP contribution is 2.56. The maximum Gasteiger partial charge on any atom is 0.159 e. The van der Waals surface area contributed by atoms with Crippen LogP contribution in [-0.4, -0.2) is 0 Å². The second-order valence-electron chi connectivity index (χ2n) is 15.3. The fourth-order valence-corrected chi connectivity index (χ4v) is 9.18. The summed E-state index contributed by atoms with van der Waals surface area (Å²) < 4.78 is 7.27. The molecule has 11 rings (SSSR count). The molecule has 9 aromatic rings. The zero-order valence-electron chi connectivity index (χ0n) is 30.8. The van der Waals surface area contributed by atoms with Crippen LogP contribution >= 0.6 is 0 Å². The minimum absolute atomic E-state index is 0.155. The van der Waals surface area contributed by atoms with Crippen molar-refractivity contribution in [1.29, 1.82) is 0 Å². The molecular formula is C53H37NO. The molecule has 0 aromatic heterocycles. The van der Waals surface area contributed by atoms with E-state index in [4.69, 9.17) is 4.74 Å². The van der Waals surface area contributed by atoms with Gasteiger partial charge in [0.2, 0.25) is 0 Å². The largest absolute Gasteiger partial charge is 0.454 e. The minimum Gasteiger partial charge on any atom is -0.454 e. The van der Waals surface area contributed by atoms with Gasteiger partial charge in [0, 0.05) is 27.6 Å². The van der Waals surface area contributed by atoms with Crippen LogP contribution in [0.1, 0.15) is 25.0 Å². The van der Waals surface area contributed by atoms with Gasteiger partial charge in [-0.25, -0.2) is 0 Å². The molecule has 0 atom stereocenters. The van der Waals surface area contributed by atoms with Crippen LogP contribution in [0.4, 0.5) is 17.1 Å². The monoisotopic (exact) mass is 703 g/mol. The number of benzene rings is 9. The molecule has 2 aliphatic rings. The fourth-order valence-electron chi connectivity index (χ4n) is 9.18. The first kappa shape index (κ1) is 31.6. The molecule has 9 aromatic carbocycles. The normalized spacial score (nSPS) is 13.2. The van der Waals surface area contributed by atoms with Gasteiger partial charge in [-0.1, -0.05) is 166 Å². The van der Waals surface area contributed by atoms with Gasteiger partial charge in [-0.2, -0.15) is 0 Å². The van der Waals surface area contributed by atoms with E-state index in [-0.39, 0.29) is 5.41 Å². The Morgan fingerprint density at radius 2 is 1.05 bits per heavy atom. The van der Waals surface area contributed by atoms with E-state index in [0.717, 1.165) is 56.4 Å². The highest BCUT2D eigenvalue weighted by molar-refractivity contribution is 6.15. The summed E-state index contributed by atoms with van der Waals surface area (Å²) in [5.41, 5.74) is 15.1. The Balaban J connectivity index is 1.19.